The van der Waals surface area contributed by atoms with Gasteiger partial charge >= 0.3 is 6.03 Å². The number of urea groups is 1. The lowest BCUT2D eigenvalue weighted by Crippen LogP contribution is -2.39. The number of benzene rings is 2. The molecule has 0 saturated carbocycles. The Morgan fingerprint density at radius 2 is 1.76 bits per heavy atom. The number of hydrogen-bond donors (Lipinski definition) is 2. The van der Waals surface area contributed by atoms with E-state index in [4.69, 9.17) is 10.5 Å². The summed E-state index contributed by atoms with van der Waals surface area (Å²) in [5.74, 6) is 1.09. The second-order valence-corrected chi connectivity index (χ2v) is 10.3. The molecule has 8 nitrogen and oxygen atoms in total. The average molecular weight is 475 g/mol. The van der Waals surface area contributed by atoms with Gasteiger partial charge in [-0.2, -0.15) is 0 Å². The zero-order valence-corrected chi connectivity index (χ0v) is 20.2. The summed E-state index contributed by atoms with van der Waals surface area (Å²) >= 11 is 0. The SMILES string of the molecule is CCOc1ccc(N2CCN(C(=O)Nc3ccc(S(=O)(=O)CCN)cc3)C[C@@H](CC)C2)cc1. The monoisotopic (exact) mass is 474 g/mol. The molecule has 3 rings (SSSR count). The van der Waals surface area contributed by atoms with Gasteiger partial charge in [-0.05, 0) is 67.8 Å². The highest BCUT2D eigenvalue weighted by atomic mass is 32.2. The first-order chi connectivity index (χ1) is 15.9. The molecule has 0 radical (unpaired) electrons. The Kier molecular flexibility index (Phi) is 8.57. The third-order valence-corrected chi connectivity index (χ3v) is 7.59. The van der Waals surface area contributed by atoms with Gasteiger partial charge in [0.2, 0.25) is 0 Å². The molecule has 0 aromatic heterocycles. The summed E-state index contributed by atoms with van der Waals surface area (Å²) in [6, 6.07) is 14.1. The fourth-order valence-electron chi connectivity index (χ4n) is 3.92. The highest BCUT2D eigenvalue weighted by Gasteiger charge is 2.25. The molecular weight excluding hydrogens is 440 g/mol. The fourth-order valence-corrected chi connectivity index (χ4v) is 5.02. The number of carbonyl (C=O) groups excluding carboxylic acids is 1. The maximum Gasteiger partial charge on any atom is 0.321 e. The van der Waals surface area contributed by atoms with Crippen molar-refractivity contribution in [1.82, 2.24) is 4.90 Å². The molecule has 180 valence electrons. The average Bonchev–Trinajstić information content (AvgIpc) is 3.03. The van der Waals surface area contributed by atoms with Crippen LogP contribution in [0.5, 0.6) is 5.75 Å². The minimum absolute atomic E-state index is 0.0715. The highest BCUT2D eigenvalue weighted by Crippen LogP contribution is 2.24. The van der Waals surface area contributed by atoms with E-state index in [0.29, 0.717) is 31.3 Å². The Labute approximate surface area is 196 Å². The summed E-state index contributed by atoms with van der Waals surface area (Å²) in [6.45, 7) is 7.68. The van der Waals surface area contributed by atoms with Gasteiger partial charge in [0, 0.05) is 44.1 Å². The van der Waals surface area contributed by atoms with Crippen LogP contribution in [0.15, 0.2) is 53.4 Å². The van der Waals surface area contributed by atoms with Crippen LogP contribution in [0, 0.1) is 5.92 Å². The lowest BCUT2D eigenvalue weighted by molar-refractivity contribution is 0.207. The Hall–Kier alpha value is -2.78. The quantitative estimate of drug-likeness (QED) is 0.609. The van der Waals surface area contributed by atoms with Crippen LogP contribution in [-0.2, 0) is 9.84 Å². The van der Waals surface area contributed by atoms with Crippen molar-refractivity contribution in [2.75, 3.05) is 55.3 Å². The molecule has 0 unspecified atom stereocenters. The van der Waals surface area contributed by atoms with Crippen LogP contribution >= 0.6 is 0 Å². The molecule has 33 heavy (non-hydrogen) atoms. The van der Waals surface area contributed by atoms with Crippen molar-refractivity contribution in [3.8, 4) is 5.75 Å². The van der Waals surface area contributed by atoms with Gasteiger partial charge in [-0.1, -0.05) is 6.92 Å². The zero-order valence-electron chi connectivity index (χ0n) is 19.4. The molecule has 1 atom stereocenters. The number of amides is 2. The Morgan fingerprint density at radius 3 is 2.36 bits per heavy atom. The Morgan fingerprint density at radius 1 is 1.06 bits per heavy atom. The van der Waals surface area contributed by atoms with E-state index in [1.165, 1.54) is 12.1 Å². The predicted molar refractivity (Wildman–Crippen MR) is 132 cm³/mol. The second-order valence-electron chi connectivity index (χ2n) is 8.16. The number of nitrogens with one attached hydrogen (secondary N) is 1. The van der Waals surface area contributed by atoms with E-state index >= 15 is 0 Å². The van der Waals surface area contributed by atoms with Crippen LogP contribution < -0.4 is 20.7 Å². The van der Waals surface area contributed by atoms with Crippen LogP contribution in [0.25, 0.3) is 0 Å². The highest BCUT2D eigenvalue weighted by molar-refractivity contribution is 7.91. The van der Waals surface area contributed by atoms with E-state index in [2.05, 4.69) is 29.3 Å². The van der Waals surface area contributed by atoms with Gasteiger partial charge in [0.15, 0.2) is 9.84 Å². The molecule has 2 aromatic carbocycles. The molecule has 0 aliphatic carbocycles. The Bertz CT molecular complexity index is 1010. The molecule has 0 spiro atoms. The molecule has 1 aliphatic rings. The standard InChI is InChI=1S/C24H34N4O4S/c1-3-19-17-27(21-7-9-22(10-8-21)32-4-2)14-15-28(18-19)24(29)26-20-5-11-23(12-6-20)33(30,31)16-13-25/h5-12,19H,3-4,13-18,25H2,1-2H3,(H,26,29)/t19-/m0/s1. The molecule has 3 N–H and O–H groups in total. The second kappa shape index (κ2) is 11.4. The topological polar surface area (TPSA) is 105 Å². The molecule has 1 aliphatic heterocycles. The number of hydrogen-bond acceptors (Lipinski definition) is 6. The minimum atomic E-state index is -3.39. The molecular formula is C24H34N4O4S. The van der Waals surface area contributed by atoms with Crippen molar-refractivity contribution in [2.24, 2.45) is 11.7 Å². The number of nitrogens with two attached hydrogens (primary N) is 1. The van der Waals surface area contributed by atoms with Crippen molar-refractivity contribution in [3.63, 3.8) is 0 Å². The summed E-state index contributed by atoms with van der Waals surface area (Å²) in [5, 5.41) is 2.90. The summed E-state index contributed by atoms with van der Waals surface area (Å²) in [4.78, 5) is 17.3. The van der Waals surface area contributed by atoms with E-state index in [1.807, 2.05) is 24.0 Å². The molecule has 1 fully saturated rings. The first kappa shape index (κ1) is 24.9. The first-order valence-electron chi connectivity index (χ1n) is 11.4. The number of ether oxygens (including phenoxy) is 1. The molecule has 1 saturated heterocycles. The molecule has 2 aromatic rings. The number of nitrogens with zero attached hydrogens (tertiary/aromatic N) is 2. The molecule has 1 heterocycles. The van der Waals surface area contributed by atoms with Gasteiger partial charge in [0.25, 0.3) is 0 Å². The largest absolute Gasteiger partial charge is 0.494 e. The van der Waals surface area contributed by atoms with Gasteiger partial charge < -0.3 is 25.6 Å². The van der Waals surface area contributed by atoms with Crippen molar-refractivity contribution >= 4 is 27.2 Å². The van der Waals surface area contributed by atoms with E-state index in [0.717, 1.165) is 30.9 Å². The maximum absolute atomic E-state index is 13.0. The van der Waals surface area contributed by atoms with Crippen LogP contribution in [0.3, 0.4) is 0 Å². The van der Waals surface area contributed by atoms with E-state index in [9.17, 15) is 13.2 Å². The zero-order chi connectivity index (χ0) is 23.8. The third kappa shape index (κ3) is 6.61. The summed E-state index contributed by atoms with van der Waals surface area (Å²) in [7, 11) is -3.39. The van der Waals surface area contributed by atoms with Crippen molar-refractivity contribution in [2.45, 2.75) is 25.2 Å². The maximum atomic E-state index is 13.0. The normalized spacial score (nSPS) is 16.9. The first-order valence-corrected chi connectivity index (χ1v) is 13.1. The van der Waals surface area contributed by atoms with E-state index in [1.54, 1.807) is 12.1 Å². The predicted octanol–water partition coefficient (Wildman–Crippen LogP) is 3.20. The minimum Gasteiger partial charge on any atom is -0.494 e. The van der Waals surface area contributed by atoms with E-state index in [-0.39, 0.29) is 23.2 Å². The van der Waals surface area contributed by atoms with Crippen molar-refractivity contribution in [3.05, 3.63) is 48.5 Å². The van der Waals surface area contributed by atoms with Crippen molar-refractivity contribution < 1.29 is 17.9 Å². The number of sulfone groups is 1. The van der Waals surface area contributed by atoms with Gasteiger partial charge in [-0.3, -0.25) is 0 Å². The van der Waals surface area contributed by atoms with Crippen LogP contribution in [0.4, 0.5) is 16.2 Å². The Balaban J connectivity index is 1.65. The van der Waals surface area contributed by atoms with Gasteiger partial charge in [-0.25, -0.2) is 13.2 Å². The number of rotatable bonds is 8. The lowest BCUT2D eigenvalue weighted by atomic mass is 10.1. The molecule has 0 bridgehead atoms. The lowest BCUT2D eigenvalue weighted by Gasteiger charge is -2.25. The van der Waals surface area contributed by atoms with Gasteiger partial charge in [-0.15, -0.1) is 0 Å². The smallest absolute Gasteiger partial charge is 0.321 e. The molecule has 9 heteroatoms. The number of carbonyl (C=O) groups is 1. The van der Waals surface area contributed by atoms with Gasteiger partial charge in [0.05, 0.1) is 17.3 Å². The molecule has 2 amide bonds. The summed E-state index contributed by atoms with van der Waals surface area (Å²) in [5.41, 5.74) is 7.06. The van der Waals surface area contributed by atoms with E-state index < -0.39 is 9.84 Å². The van der Waals surface area contributed by atoms with Crippen molar-refractivity contribution in [1.29, 1.82) is 0 Å². The number of anilines is 2. The summed E-state index contributed by atoms with van der Waals surface area (Å²) < 4.78 is 29.8. The van der Waals surface area contributed by atoms with Crippen LogP contribution in [0.2, 0.25) is 0 Å². The fraction of sp³-hybridized carbons (Fsp3) is 0.458. The van der Waals surface area contributed by atoms with Crippen LogP contribution in [0.1, 0.15) is 20.3 Å². The van der Waals surface area contributed by atoms with Gasteiger partial charge in [0.1, 0.15) is 5.75 Å². The van der Waals surface area contributed by atoms with Crippen LogP contribution in [-0.4, -0.2) is 64.4 Å². The third-order valence-electron chi connectivity index (χ3n) is 5.83. The summed E-state index contributed by atoms with van der Waals surface area (Å²) in [6.07, 6.45) is 0.963.